The lowest BCUT2D eigenvalue weighted by Crippen LogP contribution is -2.46. The van der Waals surface area contributed by atoms with Crippen molar-refractivity contribution in [2.75, 3.05) is 0 Å². The molecule has 3 saturated carbocycles. The number of hydrogen-bond donors (Lipinski definition) is 0. The highest BCUT2D eigenvalue weighted by Crippen LogP contribution is 2.63. The first-order valence-corrected chi connectivity index (χ1v) is 13.5. The summed E-state index contributed by atoms with van der Waals surface area (Å²) in [5.41, 5.74) is 2.11. The Morgan fingerprint density at radius 3 is 2.35 bits per heavy atom. The maximum atomic E-state index is 2.79. The quantitative estimate of drug-likeness (QED) is 0.496. The van der Waals surface area contributed by atoms with Crippen molar-refractivity contribution >= 4 is 8.07 Å². The molecule has 0 amide bonds. The molecule has 4 aliphatic carbocycles. The van der Waals surface area contributed by atoms with E-state index in [2.05, 4.69) is 51.2 Å². The van der Waals surface area contributed by atoms with Gasteiger partial charge in [0.1, 0.15) is 0 Å². The summed E-state index contributed by atoms with van der Waals surface area (Å²) in [6.07, 6.45) is 18.9. The summed E-state index contributed by atoms with van der Waals surface area (Å²) in [5, 5.41) is 0. The van der Waals surface area contributed by atoms with Crippen LogP contribution < -0.4 is 0 Å². The van der Waals surface area contributed by atoms with Crippen LogP contribution >= 0.6 is 0 Å². The third kappa shape index (κ3) is 2.53. The third-order valence-corrected chi connectivity index (χ3v) is 13.8. The smallest absolute Gasteiger partial charge is 0.0550 e. The molecule has 1 heteroatoms. The van der Waals surface area contributed by atoms with Crippen molar-refractivity contribution in [2.24, 2.45) is 35.5 Å². The van der Waals surface area contributed by atoms with E-state index < -0.39 is 8.07 Å². The maximum absolute atomic E-state index is 2.79. The lowest BCUT2D eigenvalue weighted by molar-refractivity contribution is 0.273. The van der Waals surface area contributed by atoms with E-state index in [-0.39, 0.29) is 0 Å². The van der Waals surface area contributed by atoms with Gasteiger partial charge in [-0.05, 0) is 59.4 Å². The standard InChI is InChI=1S/C22H36Si/c1-15-13-17-9-5-7-11-19(17)21(15)23(3,4)22-16(2)14-18-10-6-8-12-20(18)22/h5,7,9,11,15-22H,6,8,10,12-14H2,1-4H3/t15?,16?,17?,18?,19?,20?,21-,22?/m0/s1. The van der Waals surface area contributed by atoms with Gasteiger partial charge in [0.25, 0.3) is 0 Å². The van der Waals surface area contributed by atoms with Crippen LogP contribution in [0.25, 0.3) is 0 Å². The number of rotatable bonds is 2. The number of fused-ring (bicyclic) bond motifs is 2. The first-order chi connectivity index (χ1) is 11.0. The second-order valence-corrected chi connectivity index (χ2v) is 15.0. The monoisotopic (exact) mass is 328 g/mol. The minimum Gasteiger partial charge on any atom is -0.0808 e. The summed E-state index contributed by atoms with van der Waals surface area (Å²) < 4.78 is 0. The molecule has 4 aliphatic rings. The third-order valence-electron chi connectivity index (χ3n) is 8.40. The highest BCUT2D eigenvalue weighted by Gasteiger charge is 2.56. The fraction of sp³-hybridized carbons (Fsp3) is 0.818. The van der Waals surface area contributed by atoms with E-state index in [9.17, 15) is 0 Å². The van der Waals surface area contributed by atoms with Crippen LogP contribution in [0.2, 0.25) is 24.2 Å². The Balaban J connectivity index is 1.64. The van der Waals surface area contributed by atoms with Crippen molar-refractivity contribution in [3.8, 4) is 0 Å². The predicted molar refractivity (Wildman–Crippen MR) is 103 cm³/mol. The van der Waals surface area contributed by atoms with Crippen LogP contribution in [0.5, 0.6) is 0 Å². The van der Waals surface area contributed by atoms with Gasteiger partial charge in [-0.15, -0.1) is 0 Å². The van der Waals surface area contributed by atoms with Crippen molar-refractivity contribution in [3.63, 3.8) is 0 Å². The lowest BCUT2D eigenvalue weighted by Gasteiger charge is -2.46. The molecular weight excluding hydrogens is 292 g/mol. The second kappa shape index (κ2) is 5.90. The van der Waals surface area contributed by atoms with Crippen molar-refractivity contribution in [1.82, 2.24) is 0 Å². The Hall–Kier alpha value is -0.303. The first kappa shape index (κ1) is 16.2. The summed E-state index contributed by atoms with van der Waals surface area (Å²) in [7, 11) is -1.26. The molecule has 0 nitrogen and oxygen atoms in total. The van der Waals surface area contributed by atoms with Gasteiger partial charge in [-0.3, -0.25) is 0 Å². The largest absolute Gasteiger partial charge is 0.0808 e. The van der Waals surface area contributed by atoms with E-state index in [0.717, 1.165) is 46.6 Å². The molecule has 7 unspecified atom stereocenters. The van der Waals surface area contributed by atoms with Gasteiger partial charge in [-0.2, -0.15) is 0 Å². The van der Waals surface area contributed by atoms with Crippen LogP contribution in [0.3, 0.4) is 0 Å². The molecule has 0 spiro atoms. The predicted octanol–water partition coefficient (Wildman–Crippen LogP) is 6.68. The minimum atomic E-state index is -1.26. The molecule has 0 heterocycles. The van der Waals surface area contributed by atoms with Gasteiger partial charge in [0, 0.05) is 0 Å². The van der Waals surface area contributed by atoms with Crippen LogP contribution in [-0.4, -0.2) is 8.07 Å². The Kier molecular flexibility index (Phi) is 4.15. The van der Waals surface area contributed by atoms with Gasteiger partial charge >= 0.3 is 0 Å². The molecule has 23 heavy (non-hydrogen) atoms. The molecule has 0 radical (unpaired) electrons. The van der Waals surface area contributed by atoms with Crippen LogP contribution in [0.1, 0.15) is 52.4 Å². The fourth-order valence-corrected chi connectivity index (χ4v) is 14.6. The van der Waals surface area contributed by atoms with Gasteiger partial charge in [0.15, 0.2) is 0 Å². The van der Waals surface area contributed by atoms with Gasteiger partial charge < -0.3 is 0 Å². The van der Waals surface area contributed by atoms with Crippen LogP contribution in [0, 0.1) is 35.5 Å². The zero-order chi connectivity index (χ0) is 16.2. The summed E-state index contributed by atoms with van der Waals surface area (Å²) in [5.74, 6) is 5.84. The molecule has 0 aromatic heterocycles. The Morgan fingerprint density at radius 2 is 1.52 bits per heavy atom. The van der Waals surface area contributed by atoms with Gasteiger partial charge in [0.2, 0.25) is 0 Å². The van der Waals surface area contributed by atoms with E-state index >= 15 is 0 Å². The molecule has 8 atom stereocenters. The van der Waals surface area contributed by atoms with Gasteiger partial charge in [0.05, 0.1) is 8.07 Å². The average molecular weight is 329 g/mol. The van der Waals surface area contributed by atoms with Gasteiger partial charge in [-0.1, -0.05) is 76.9 Å². The molecular formula is C22H36Si. The Labute approximate surface area is 144 Å². The topological polar surface area (TPSA) is 0 Å². The highest BCUT2D eigenvalue weighted by molar-refractivity contribution is 6.80. The molecule has 0 bridgehead atoms. The number of hydrogen-bond acceptors (Lipinski definition) is 0. The maximum Gasteiger partial charge on any atom is 0.0550 e. The Morgan fingerprint density at radius 1 is 0.826 bits per heavy atom. The van der Waals surface area contributed by atoms with Crippen molar-refractivity contribution < 1.29 is 0 Å². The van der Waals surface area contributed by atoms with Crippen molar-refractivity contribution in [3.05, 3.63) is 24.3 Å². The molecule has 0 saturated heterocycles. The summed E-state index contributed by atoms with van der Waals surface area (Å²) in [4.78, 5) is 0. The van der Waals surface area contributed by atoms with E-state index in [0.29, 0.717) is 0 Å². The van der Waals surface area contributed by atoms with Crippen LogP contribution in [0.15, 0.2) is 24.3 Å². The molecule has 0 N–H and O–H groups in total. The first-order valence-electron chi connectivity index (χ1n) is 10.3. The molecule has 0 aliphatic heterocycles. The van der Waals surface area contributed by atoms with E-state index in [1.807, 2.05) is 0 Å². The van der Waals surface area contributed by atoms with Crippen LogP contribution in [0.4, 0.5) is 0 Å². The molecule has 0 aromatic carbocycles. The molecule has 0 aromatic rings. The Bertz CT molecular complexity index is 502. The number of allylic oxidation sites excluding steroid dienone is 4. The summed E-state index contributed by atoms with van der Waals surface area (Å²) in [6.45, 7) is 10.8. The van der Waals surface area contributed by atoms with Gasteiger partial charge in [-0.25, -0.2) is 0 Å². The molecule has 4 rings (SSSR count). The average Bonchev–Trinajstić information content (AvgIpc) is 3.02. The lowest BCUT2D eigenvalue weighted by atomic mass is 9.82. The summed E-state index contributed by atoms with van der Waals surface area (Å²) >= 11 is 0. The fourth-order valence-electron chi connectivity index (χ4n) is 8.03. The van der Waals surface area contributed by atoms with E-state index in [4.69, 9.17) is 0 Å². The second-order valence-electron chi connectivity index (χ2n) is 10.0. The normalized spacial score (nSPS) is 49.2. The van der Waals surface area contributed by atoms with Crippen LogP contribution in [-0.2, 0) is 0 Å². The zero-order valence-corrected chi connectivity index (χ0v) is 16.7. The minimum absolute atomic E-state index is 0.852. The summed E-state index contributed by atoms with van der Waals surface area (Å²) in [6, 6.07) is 0. The van der Waals surface area contributed by atoms with Crippen molar-refractivity contribution in [2.45, 2.75) is 76.5 Å². The zero-order valence-electron chi connectivity index (χ0n) is 15.7. The highest BCUT2D eigenvalue weighted by atomic mass is 28.3. The molecule has 128 valence electrons. The SMILES string of the molecule is CC1CC2CCCCC2C1[Si](C)(C)[C@H]1C(C)CC2C=CC=CC21. The van der Waals surface area contributed by atoms with E-state index in [1.54, 1.807) is 19.3 Å². The van der Waals surface area contributed by atoms with Crippen molar-refractivity contribution in [1.29, 1.82) is 0 Å². The van der Waals surface area contributed by atoms with E-state index in [1.165, 1.54) is 19.3 Å². The molecule has 3 fully saturated rings.